The fraction of sp³-hybridized carbons (Fsp3) is 0.167. The summed E-state index contributed by atoms with van der Waals surface area (Å²) in [7, 11) is 0. The second kappa shape index (κ2) is 3.04. The summed E-state index contributed by atoms with van der Waals surface area (Å²) in [4.78, 5) is 4.46. The molecule has 3 nitrogen and oxygen atoms in total. The van der Waals surface area contributed by atoms with E-state index in [9.17, 15) is 0 Å². The third-order valence-electron chi connectivity index (χ3n) is 2.57. The Hall–Kier alpha value is -1.92. The van der Waals surface area contributed by atoms with Gasteiger partial charge in [0.1, 0.15) is 12.2 Å². The molecule has 0 amide bonds. The number of hydrogen-bond donors (Lipinski definition) is 0. The monoisotopic (exact) mass is 196 g/mol. The second-order valence-corrected chi connectivity index (χ2v) is 3.55. The summed E-state index contributed by atoms with van der Waals surface area (Å²) in [5.74, 6) is 0. The van der Waals surface area contributed by atoms with Gasteiger partial charge >= 0.3 is 0 Å². The zero-order valence-corrected chi connectivity index (χ0v) is 7.92. The maximum atomic E-state index is 8.43. The number of pyridine rings is 1. The van der Waals surface area contributed by atoms with Gasteiger partial charge in [-0.3, -0.25) is 0 Å². The summed E-state index contributed by atoms with van der Waals surface area (Å²) in [6.07, 6.45) is 7.59. The highest BCUT2D eigenvalue weighted by molar-refractivity contribution is 5.60. The first-order valence-corrected chi connectivity index (χ1v) is 4.79. The van der Waals surface area contributed by atoms with Crippen molar-refractivity contribution in [2.75, 3.05) is 0 Å². The first-order chi connectivity index (χ1) is 7.38. The molecule has 2 heterocycles. The Bertz CT molecular complexity index is 511. The Morgan fingerprint density at radius 2 is 2.40 bits per heavy atom. The number of fused-ring (bicyclic) bond motifs is 3. The summed E-state index contributed by atoms with van der Waals surface area (Å²) in [6, 6.07) is 5.86. The van der Waals surface area contributed by atoms with Gasteiger partial charge in [-0.15, -0.1) is 0 Å². The van der Waals surface area contributed by atoms with E-state index in [0.717, 1.165) is 17.0 Å². The molecule has 1 saturated heterocycles. The Labute approximate surface area is 87.3 Å². The van der Waals surface area contributed by atoms with Crippen molar-refractivity contribution in [2.24, 2.45) is 0 Å². The van der Waals surface area contributed by atoms with Crippen LogP contribution >= 0.6 is 0 Å². The molecule has 0 radical (unpaired) electrons. The van der Waals surface area contributed by atoms with Gasteiger partial charge in [-0.05, 0) is 17.7 Å². The highest BCUT2D eigenvalue weighted by Gasteiger charge is 2.42. The molecule has 3 rings (SSSR count). The molecule has 1 aliphatic carbocycles. The molecule has 0 bridgehead atoms. The van der Waals surface area contributed by atoms with Crippen molar-refractivity contribution in [1.29, 1.82) is 5.26 Å². The lowest BCUT2D eigenvalue weighted by molar-refractivity contribution is 0.392. The predicted octanol–water partition coefficient (Wildman–Crippen LogP) is 2.09. The van der Waals surface area contributed by atoms with Gasteiger partial charge in [-0.2, -0.15) is 5.26 Å². The molecule has 0 N–H and O–H groups in total. The second-order valence-electron chi connectivity index (χ2n) is 3.55. The summed E-state index contributed by atoms with van der Waals surface area (Å²) >= 11 is 0. The zero-order chi connectivity index (χ0) is 10.3. The number of hydrogen-bond acceptors (Lipinski definition) is 3. The molecule has 15 heavy (non-hydrogen) atoms. The number of allylic oxidation sites excluding steroid dienone is 1. The first kappa shape index (κ1) is 8.39. The van der Waals surface area contributed by atoms with Gasteiger partial charge in [0.05, 0.1) is 17.5 Å². The molecule has 1 aromatic rings. The van der Waals surface area contributed by atoms with Crippen LogP contribution in [0.15, 0.2) is 24.3 Å². The standard InChI is InChI=1S/C12H8N2O/c13-7-1-2-9-5-3-8-4-6-10-12(15-10)11(8)14-9/h1-6,10,12H. The molecular formula is C12H8N2O. The number of nitriles is 1. The lowest BCUT2D eigenvalue weighted by atomic mass is 10.0. The van der Waals surface area contributed by atoms with Crippen molar-refractivity contribution < 1.29 is 4.74 Å². The summed E-state index contributed by atoms with van der Waals surface area (Å²) in [6.45, 7) is 0. The molecule has 2 unspecified atom stereocenters. The lowest BCUT2D eigenvalue weighted by Gasteiger charge is -2.06. The van der Waals surface area contributed by atoms with Gasteiger partial charge in [0, 0.05) is 6.08 Å². The number of ether oxygens (including phenoxy) is 1. The highest BCUT2D eigenvalue weighted by Crippen LogP contribution is 2.43. The molecular weight excluding hydrogens is 188 g/mol. The topological polar surface area (TPSA) is 49.2 Å². The Balaban J connectivity index is 2.03. The number of epoxide rings is 1. The summed E-state index contributed by atoms with van der Waals surface area (Å²) in [5, 5.41) is 8.43. The minimum absolute atomic E-state index is 0.139. The van der Waals surface area contributed by atoms with Crippen LogP contribution in [0.4, 0.5) is 0 Å². The van der Waals surface area contributed by atoms with Gasteiger partial charge in [-0.25, -0.2) is 4.98 Å². The molecule has 72 valence electrons. The third-order valence-corrected chi connectivity index (χ3v) is 2.57. The number of aromatic nitrogens is 1. The van der Waals surface area contributed by atoms with E-state index in [4.69, 9.17) is 10.00 Å². The Kier molecular flexibility index (Phi) is 1.70. The molecule has 0 saturated carbocycles. The predicted molar refractivity (Wildman–Crippen MR) is 55.5 cm³/mol. The fourth-order valence-electron chi connectivity index (χ4n) is 1.77. The van der Waals surface area contributed by atoms with Crippen LogP contribution < -0.4 is 0 Å². The van der Waals surface area contributed by atoms with Gasteiger partial charge in [0.2, 0.25) is 0 Å². The van der Waals surface area contributed by atoms with Crippen LogP contribution in [0.25, 0.3) is 12.2 Å². The van der Waals surface area contributed by atoms with E-state index in [0.29, 0.717) is 0 Å². The Morgan fingerprint density at radius 1 is 1.47 bits per heavy atom. The van der Waals surface area contributed by atoms with Crippen LogP contribution in [0, 0.1) is 11.3 Å². The van der Waals surface area contributed by atoms with Crippen molar-refractivity contribution in [3.8, 4) is 6.07 Å². The van der Waals surface area contributed by atoms with Crippen LogP contribution in [-0.4, -0.2) is 11.1 Å². The SMILES string of the molecule is N#CC=Cc1ccc2c(n1)C1OC1C=C2. The highest BCUT2D eigenvalue weighted by atomic mass is 16.6. The molecule has 1 aliphatic heterocycles. The summed E-state index contributed by atoms with van der Waals surface area (Å²) < 4.78 is 5.43. The van der Waals surface area contributed by atoms with Crippen LogP contribution in [-0.2, 0) is 4.74 Å². The van der Waals surface area contributed by atoms with Crippen LogP contribution in [0.1, 0.15) is 23.1 Å². The van der Waals surface area contributed by atoms with Crippen molar-refractivity contribution in [2.45, 2.75) is 12.2 Å². The van der Waals surface area contributed by atoms with E-state index >= 15 is 0 Å². The average Bonchev–Trinajstić information content (AvgIpc) is 3.05. The van der Waals surface area contributed by atoms with Gasteiger partial charge < -0.3 is 4.74 Å². The quantitative estimate of drug-likeness (QED) is 0.510. The zero-order valence-electron chi connectivity index (χ0n) is 7.92. The minimum atomic E-state index is 0.139. The molecule has 2 aliphatic rings. The van der Waals surface area contributed by atoms with Crippen molar-refractivity contribution >= 4 is 12.2 Å². The third kappa shape index (κ3) is 1.36. The largest absolute Gasteiger partial charge is 0.358 e. The Morgan fingerprint density at radius 3 is 3.27 bits per heavy atom. The van der Waals surface area contributed by atoms with E-state index in [1.165, 1.54) is 6.08 Å². The van der Waals surface area contributed by atoms with E-state index < -0.39 is 0 Å². The van der Waals surface area contributed by atoms with E-state index in [2.05, 4.69) is 11.1 Å². The summed E-state index contributed by atoms with van der Waals surface area (Å²) in [5.41, 5.74) is 2.91. The maximum absolute atomic E-state index is 8.43. The normalized spacial score (nSPS) is 25.8. The fourth-order valence-corrected chi connectivity index (χ4v) is 1.77. The molecule has 0 aromatic carbocycles. The van der Waals surface area contributed by atoms with Crippen molar-refractivity contribution in [3.63, 3.8) is 0 Å². The number of rotatable bonds is 1. The smallest absolute Gasteiger partial charge is 0.131 e. The van der Waals surface area contributed by atoms with Gasteiger partial charge in [0.25, 0.3) is 0 Å². The lowest BCUT2D eigenvalue weighted by Crippen LogP contribution is -1.99. The average molecular weight is 196 g/mol. The maximum Gasteiger partial charge on any atom is 0.131 e. The molecule has 1 fully saturated rings. The molecule has 0 spiro atoms. The first-order valence-electron chi connectivity index (χ1n) is 4.79. The van der Waals surface area contributed by atoms with Crippen LogP contribution in [0.3, 0.4) is 0 Å². The van der Waals surface area contributed by atoms with Crippen molar-refractivity contribution in [3.05, 3.63) is 41.2 Å². The molecule has 3 heteroatoms. The van der Waals surface area contributed by atoms with E-state index in [1.807, 2.05) is 24.3 Å². The minimum Gasteiger partial charge on any atom is -0.358 e. The van der Waals surface area contributed by atoms with Crippen molar-refractivity contribution in [1.82, 2.24) is 4.98 Å². The van der Waals surface area contributed by atoms with E-state index in [1.54, 1.807) is 6.08 Å². The number of nitrogens with zero attached hydrogens (tertiary/aromatic N) is 2. The van der Waals surface area contributed by atoms with Crippen LogP contribution in [0.5, 0.6) is 0 Å². The van der Waals surface area contributed by atoms with Gasteiger partial charge in [-0.1, -0.05) is 18.2 Å². The van der Waals surface area contributed by atoms with E-state index in [-0.39, 0.29) is 12.2 Å². The van der Waals surface area contributed by atoms with Crippen LogP contribution in [0.2, 0.25) is 0 Å². The molecule has 1 aromatic heterocycles. The molecule has 2 atom stereocenters. The van der Waals surface area contributed by atoms with Gasteiger partial charge in [0.15, 0.2) is 0 Å².